The van der Waals surface area contributed by atoms with Gasteiger partial charge in [0.05, 0.1) is 19.9 Å². The van der Waals surface area contributed by atoms with Crippen LogP contribution in [-0.4, -0.2) is 16.5 Å². The van der Waals surface area contributed by atoms with E-state index in [1.54, 1.807) is 12.1 Å². The maximum absolute atomic E-state index is 14.1. The molecule has 0 amide bonds. The van der Waals surface area contributed by atoms with E-state index in [4.69, 9.17) is 11.6 Å². The highest BCUT2D eigenvalue weighted by molar-refractivity contribution is 14.1. The van der Waals surface area contributed by atoms with Crippen molar-refractivity contribution in [3.63, 3.8) is 0 Å². The van der Waals surface area contributed by atoms with Crippen LogP contribution < -0.4 is 5.32 Å². The van der Waals surface area contributed by atoms with Crippen molar-refractivity contribution in [2.24, 2.45) is 0 Å². The minimum atomic E-state index is -0.490. The van der Waals surface area contributed by atoms with Crippen LogP contribution >= 0.6 is 34.2 Å². The lowest BCUT2D eigenvalue weighted by Crippen LogP contribution is -2.08. The Morgan fingerprint density at radius 3 is 2.80 bits per heavy atom. The zero-order valence-electron chi connectivity index (χ0n) is 11.2. The van der Waals surface area contributed by atoms with E-state index in [0.29, 0.717) is 11.4 Å². The molecule has 1 aromatic carbocycles. The van der Waals surface area contributed by atoms with Crippen molar-refractivity contribution in [1.29, 1.82) is 0 Å². The second-order valence-electron chi connectivity index (χ2n) is 4.32. The molecule has 0 radical (unpaired) electrons. The van der Waals surface area contributed by atoms with E-state index in [0.717, 1.165) is 28.0 Å². The third-order valence-corrected chi connectivity index (χ3v) is 4.34. The molecule has 1 aromatic heterocycles. The van der Waals surface area contributed by atoms with Gasteiger partial charge in [-0.2, -0.15) is 0 Å². The number of hydrogen-bond acceptors (Lipinski definition) is 3. The predicted molar refractivity (Wildman–Crippen MR) is 88.7 cm³/mol. The molecule has 1 N–H and O–H groups in total. The van der Waals surface area contributed by atoms with Gasteiger partial charge in [0.15, 0.2) is 11.6 Å². The monoisotopic (exact) mass is 405 g/mol. The highest BCUT2D eigenvalue weighted by atomic mass is 127. The first kappa shape index (κ1) is 15.4. The molecule has 0 saturated carbocycles. The maximum atomic E-state index is 14.1. The first-order chi connectivity index (χ1) is 9.54. The summed E-state index contributed by atoms with van der Waals surface area (Å²) in [5, 5.41) is 3.31. The van der Waals surface area contributed by atoms with Gasteiger partial charge < -0.3 is 5.32 Å². The first-order valence-electron chi connectivity index (χ1n) is 6.27. The molecule has 0 saturated heterocycles. The van der Waals surface area contributed by atoms with Crippen LogP contribution in [0.4, 0.5) is 10.2 Å². The Bertz CT molecular complexity index is 634. The van der Waals surface area contributed by atoms with Crippen molar-refractivity contribution in [2.45, 2.75) is 20.3 Å². The van der Waals surface area contributed by atoms with Gasteiger partial charge in [0.25, 0.3) is 0 Å². The second kappa shape index (κ2) is 6.67. The number of halogens is 3. The second-order valence-corrected chi connectivity index (χ2v) is 5.81. The SMILES string of the molecule is CCCNc1nc(-c2cccc(Cl)c2F)nc(C)c1I. The van der Waals surface area contributed by atoms with Gasteiger partial charge in [0.1, 0.15) is 5.82 Å². The van der Waals surface area contributed by atoms with E-state index in [1.807, 2.05) is 6.92 Å². The van der Waals surface area contributed by atoms with Crippen molar-refractivity contribution in [2.75, 3.05) is 11.9 Å². The molecule has 0 atom stereocenters. The van der Waals surface area contributed by atoms with Crippen LogP contribution in [0.15, 0.2) is 18.2 Å². The van der Waals surface area contributed by atoms with E-state index >= 15 is 0 Å². The molecule has 6 heteroatoms. The van der Waals surface area contributed by atoms with E-state index in [-0.39, 0.29) is 5.02 Å². The number of nitrogens with zero attached hydrogens (tertiary/aromatic N) is 2. The van der Waals surface area contributed by atoms with Gasteiger partial charge in [-0.15, -0.1) is 0 Å². The fourth-order valence-electron chi connectivity index (χ4n) is 1.72. The Morgan fingerprint density at radius 2 is 2.10 bits per heavy atom. The summed E-state index contributed by atoms with van der Waals surface area (Å²) < 4.78 is 15.0. The van der Waals surface area contributed by atoms with E-state index < -0.39 is 5.82 Å². The highest BCUT2D eigenvalue weighted by Crippen LogP contribution is 2.28. The summed E-state index contributed by atoms with van der Waals surface area (Å²) in [6.45, 7) is 4.77. The number of hydrogen-bond donors (Lipinski definition) is 1. The molecule has 20 heavy (non-hydrogen) atoms. The van der Waals surface area contributed by atoms with Gasteiger partial charge in [-0.25, -0.2) is 14.4 Å². The molecular weight excluding hydrogens is 392 g/mol. The van der Waals surface area contributed by atoms with Crippen LogP contribution in [0.1, 0.15) is 19.0 Å². The van der Waals surface area contributed by atoms with Crippen LogP contribution in [0, 0.1) is 16.3 Å². The number of aryl methyl sites for hydroxylation is 1. The summed E-state index contributed by atoms with van der Waals surface area (Å²) in [4.78, 5) is 8.77. The summed E-state index contributed by atoms with van der Waals surface area (Å²) in [5.41, 5.74) is 1.13. The molecule has 2 aromatic rings. The quantitative estimate of drug-likeness (QED) is 0.751. The number of aromatic nitrogens is 2. The topological polar surface area (TPSA) is 37.8 Å². The molecule has 0 aliphatic heterocycles. The van der Waals surface area contributed by atoms with E-state index in [2.05, 4.69) is 44.8 Å². The maximum Gasteiger partial charge on any atom is 0.164 e. The first-order valence-corrected chi connectivity index (χ1v) is 7.72. The van der Waals surface area contributed by atoms with Gasteiger partial charge >= 0.3 is 0 Å². The van der Waals surface area contributed by atoms with Crippen molar-refractivity contribution in [3.8, 4) is 11.4 Å². The lowest BCUT2D eigenvalue weighted by Gasteiger charge is -2.11. The minimum absolute atomic E-state index is 0.0744. The van der Waals surface area contributed by atoms with Crippen molar-refractivity contribution in [1.82, 2.24) is 9.97 Å². The lowest BCUT2D eigenvalue weighted by molar-refractivity contribution is 0.630. The molecule has 0 fully saturated rings. The van der Waals surface area contributed by atoms with Crippen LogP contribution in [-0.2, 0) is 0 Å². The minimum Gasteiger partial charge on any atom is -0.369 e. The summed E-state index contributed by atoms with van der Waals surface area (Å²) >= 11 is 8.00. The Hall–Kier alpha value is -0.950. The number of benzene rings is 1. The molecule has 106 valence electrons. The Labute approximate surface area is 136 Å². The predicted octanol–water partition coefficient (Wildman–Crippen LogP) is 4.67. The molecule has 0 unspecified atom stereocenters. The Balaban J connectivity index is 2.52. The van der Waals surface area contributed by atoms with E-state index in [9.17, 15) is 4.39 Å². The smallest absolute Gasteiger partial charge is 0.164 e. The molecule has 0 aliphatic rings. The average Bonchev–Trinajstić information content (AvgIpc) is 2.43. The molecule has 2 rings (SSSR count). The van der Waals surface area contributed by atoms with Gasteiger partial charge in [0.2, 0.25) is 0 Å². The van der Waals surface area contributed by atoms with Gasteiger partial charge in [-0.05, 0) is 48.1 Å². The third kappa shape index (κ3) is 3.20. The number of rotatable bonds is 4. The zero-order chi connectivity index (χ0) is 14.7. The van der Waals surface area contributed by atoms with Crippen molar-refractivity contribution >= 4 is 40.0 Å². The van der Waals surface area contributed by atoms with Crippen molar-refractivity contribution < 1.29 is 4.39 Å². The Morgan fingerprint density at radius 1 is 1.35 bits per heavy atom. The summed E-state index contributed by atoms with van der Waals surface area (Å²) in [5.74, 6) is 0.590. The zero-order valence-corrected chi connectivity index (χ0v) is 14.1. The largest absolute Gasteiger partial charge is 0.369 e. The van der Waals surface area contributed by atoms with Gasteiger partial charge in [-0.1, -0.05) is 24.6 Å². The van der Waals surface area contributed by atoms with Crippen LogP contribution in [0.25, 0.3) is 11.4 Å². The fourth-order valence-corrected chi connectivity index (χ4v) is 2.32. The fraction of sp³-hybridized carbons (Fsp3) is 0.286. The van der Waals surface area contributed by atoms with Crippen molar-refractivity contribution in [3.05, 3.63) is 38.3 Å². The van der Waals surface area contributed by atoms with Gasteiger partial charge in [-0.3, -0.25) is 0 Å². The molecule has 0 aliphatic carbocycles. The highest BCUT2D eigenvalue weighted by Gasteiger charge is 2.15. The summed E-state index contributed by atoms with van der Waals surface area (Å²) in [7, 11) is 0. The van der Waals surface area contributed by atoms with E-state index in [1.165, 1.54) is 6.07 Å². The molecule has 0 bridgehead atoms. The molecule has 3 nitrogen and oxygen atoms in total. The molecular formula is C14H14ClFIN3. The average molecular weight is 406 g/mol. The summed E-state index contributed by atoms with van der Waals surface area (Å²) in [6.07, 6.45) is 0.986. The van der Waals surface area contributed by atoms with Crippen LogP contribution in [0.5, 0.6) is 0 Å². The standard InChI is InChI=1S/C14H14ClFIN3/c1-3-7-18-14-12(17)8(2)19-13(20-14)9-5-4-6-10(15)11(9)16/h4-6H,3,7H2,1-2H3,(H,18,19,20). The normalized spacial score (nSPS) is 10.7. The summed E-state index contributed by atoms with van der Waals surface area (Å²) in [6, 6.07) is 4.83. The Kier molecular flexibility index (Phi) is 5.15. The lowest BCUT2D eigenvalue weighted by atomic mass is 10.2. The van der Waals surface area contributed by atoms with Crippen LogP contribution in [0.2, 0.25) is 5.02 Å². The number of anilines is 1. The number of nitrogens with one attached hydrogen (secondary N) is 1. The third-order valence-electron chi connectivity index (χ3n) is 2.75. The van der Waals surface area contributed by atoms with Crippen LogP contribution in [0.3, 0.4) is 0 Å². The molecule has 0 spiro atoms. The van der Waals surface area contributed by atoms with Gasteiger partial charge in [0, 0.05) is 6.54 Å². The molecule has 1 heterocycles.